The molecular formula is C18H25IN2. The molecule has 0 spiro atoms. The fourth-order valence-corrected chi connectivity index (χ4v) is 4.29. The number of benzene rings is 1. The molecule has 2 rings (SSSR count). The molecule has 0 saturated heterocycles. The van der Waals surface area contributed by atoms with Gasteiger partial charge in [0.15, 0.2) is 0 Å². The molecule has 3 heteroatoms. The van der Waals surface area contributed by atoms with E-state index in [0.29, 0.717) is 0 Å². The summed E-state index contributed by atoms with van der Waals surface area (Å²) in [6, 6.07) is 11.4. The van der Waals surface area contributed by atoms with E-state index >= 15 is 0 Å². The van der Waals surface area contributed by atoms with E-state index in [9.17, 15) is 0 Å². The van der Waals surface area contributed by atoms with Crippen LogP contribution in [-0.2, 0) is 6.42 Å². The van der Waals surface area contributed by atoms with Crippen LogP contribution in [0.4, 0.5) is 5.69 Å². The van der Waals surface area contributed by atoms with Crippen LogP contribution in [0.5, 0.6) is 0 Å². The molecule has 1 aromatic carbocycles. The van der Waals surface area contributed by atoms with E-state index < -0.39 is 19.8 Å². The van der Waals surface area contributed by atoms with Crippen LogP contribution in [0.2, 0.25) is 0 Å². The fraction of sp³-hybridized carbons (Fsp3) is 0.389. The van der Waals surface area contributed by atoms with Crippen molar-refractivity contribution in [2.24, 2.45) is 0 Å². The van der Waals surface area contributed by atoms with Crippen LogP contribution in [0.1, 0.15) is 25.0 Å². The third-order valence-corrected chi connectivity index (χ3v) is 6.95. The average molecular weight is 396 g/mol. The molecule has 0 aliphatic rings. The molecule has 0 saturated carbocycles. The number of anilines is 1. The SMILES string of the molecule is CCN(CC)c1cnccc1Cc1ccc(I(C)C)cc1. The zero-order valence-electron chi connectivity index (χ0n) is 13.4. The molecule has 0 unspecified atom stereocenters. The first-order valence-corrected chi connectivity index (χ1v) is 12.8. The molecule has 2 nitrogen and oxygen atoms in total. The quantitative estimate of drug-likeness (QED) is 0.530. The number of hydrogen-bond donors (Lipinski definition) is 0. The topological polar surface area (TPSA) is 16.1 Å². The van der Waals surface area contributed by atoms with Gasteiger partial charge in [-0.1, -0.05) is 0 Å². The monoisotopic (exact) mass is 396 g/mol. The summed E-state index contributed by atoms with van der Waals surface area (Å²) in [5.74, 6) is 0. The van der Waals surface area contributed by atoms with E-state index in [1.54, 1.807) is 3.57 Å². The van der Waals surface area contributed by atoms with Crippen molar-refractivity contribution in [3.05, 3.63) is 57.4 Å². The van der Waals surface area contributed by atoms with Gasteiger partial charge < -0.3 is 0 Å². The zero-order valence-corrected chi connectivity index (χ0v) is 15.6. The van der Waals surface area contributed by atoms with Crippen LogP contribution >= 0.6 is 19.8 Å². The third-order valence-electron chi connectivity index (χ3n) is 3.74. The molecule has 114 valence electrons. The second kappa shape index (κ2) is 7.78. The van der Waals surface area contributed by atoms with E-state index in [-0.39, 0.29) is 0 Å². The van der Waals surface area contributed by atoms with Crippen molar-refractivity contribution in [1.29, 1.82) is 0 Å². The standard InChI is InChI=1S/C18H25IN2/c1-5-21(6-2)18-14-20-12-11-16(18)13-15-7-9-17(10-8-15)19(3)4/h7-12,14H,5-6,13H2,1-4H3. The fourth-order valence-electron chi connectivity index (χ4n) is 2.49. The minimum absolute atomic E-state index is 0.852. The predicted octanol–water partition coefficient (Wildman–Crippen LogP) is 4.45. The second-order valence-corrected chi connectivity index (χ2v) is 10.8. The molecule has 21 heavy (non-hydrogen) atoms. The predicted molar refractivity (Wildman–Crippen MR) is 102 cm³/mol. The Bertz CT molecular complexity index is 560. The number of nitrogens with zero attached hydrogens (tertiary/aromatic N) is 2. The Hall–Kier alpha value is -1.10. The van der Waals surface area contributed by atoms with E-state index in [1.807, 2.05) is 12.4 Å². The zero-order chi connectivity index (χ0) is 15.2. The Morgan fingerprint density at radius 1 is 1.00 bits per heavy atom. The van der Waals surface area contributed by atoms with Gasteiger partial charge in [0.1, 0.15) is 0 Å². The van der Waals surface area contributed by atoms with Crippen LogP contribution in [0.25, 0.3) is 0 Å². The molecule has 0 bridgehead atoms. The van der Waals surface area contributed by atoms with Gasteiger partial charge in [0.2, 0.25) is 0 Å². The van der Waals surface area contributed by atoms with Crippen molar-refractivity contribution in [1.82, 2.24) is 4.98 Å². The van der Waals surface area contributed by atoms with Crippen molar-refractivity contribution in [2.75, 3.05) is 27.9 Å². The van der Waals surface area contributed by atoms with Gasteiger partial charge in [-0.05, 0) is 0 Å². The normalized spacial score (nSPS) is 11.3. The summed E-state index contributed by atoms with van der Waals surface area (Å²) >= 11 is -0.852. The molecule has 1 aromatic heterocycles. The minimum atomic E-state index is -0.852. The summed E-state index contributed by atoms with van der Waals surface area (Å²) in [5, 5.41) is 0. The molecule has 2 aromatic rings. The van der Waals surface area contributed by atoms with Crippen molar-refractivity contribution in [3.63, 3.8) is 0 Å². The molecule has 0 N–H and O–H groups in total. The molecule has 0 aliphatic heterocycles. The van der Waals surface area contributed by atoms with Gasteiger partial charge in [0.25, 0.3) is 0 Å². The molecule has 0 amide bonds. The number of rotatable bonds is 6. The van der Waals surface area contributed by atoms with Crippen LogP contribution in [0.3, 0.4) is 0 Å². The van der Waals surface area contributed by atoms with Gasteiger partial charge in [-0.2, -0.15) is 0 Å². The molecule has 0 aliphatic carbocycles. The summed E-state index contributed by atoms with van der Waals surface area (Å²) in [6.07, 6.45) is 4.88. The Morgan fingerprint density at radius 3 is 2.24 bits per heavy atom. The number of aromatic nitrogens is 1. The third kappa shape index (κ3) is 4.19. The summed E-state index contributed by atoms with van der Waals surface area (Å²) in [5.41, 5.74) is 4.02. The summed E-state index contributed by atoms with van der Waals surface area (Å²) in [6.45, 7) is 6.44. The van der Waals surface area contributed by atoms with Crippen LogP contribution in [-0.4, -0.2) is 27.9 Å². The van der Waals surface area contributed by atoms with Gasteiger partial charge in [0, 0.05) is 0 Å². The van der Waals surface area contributed by atoms with Crippen LogP contribution in [0.15, 0.2) is 42.7 Å². The van der Waals surface area contributed by atoms with E-state index in [2.05, 4.69) is 63.9 Å². The van der Waals surface area contributed by atoms with Gasteiger partial charge in [0.05, 0.1) is 0 Å². The van der Waals surface area contributed by atoms with Crippen LogP contribution in [0, 0.1) is 3.57 Å². The van der Waals surface area contributed by atoms with Crippen molar-refractivity contribution in [3.8, 4) is 0 Å². The summed E-state index contributed by atoms with van der Waals surface area (Å²) < 4.78 is 1.56. The number of hydrogen-bond acceptors (Lipinski definition) is 2. The maximum atomic E-state index is 4.31. The summed E-state index contributed by atoms with van der Waals surface area (Å²) in [4.78, 5) is 11.5. The van der Waals surface area contributed by atoms with Crippen molar-refractivity contribution in [2.45, 2.75) is 20.3 Å². The van der Waals surface area contributed by atoms with Gasteiger partial charge >= 0.3 is 136 Å². The van der Waals surface area contributed by atoms with E-state index in [0.717, 1.165) is 19.5 Å². The van der Waals surface area contributed by atoms with Crippen molar-refractivity contribution >= 4 is 25.5 Å². The van der Waals surface area contributed by atoms with Crippen LogP contribution < -0.4 is 4.90 Å². The van der Waals surface area contributed by atoms with E-state index in [1.165, 1.54) is 16.8 Å². The number of alkyl halides is 2. The molecule has 0 radical (unpaired) electrons. The average Bonchev–Trinajstić information content (AvgIpc) is 2.50. The second-order valence-electron chi connectivity index (χ2n) is 5.24. The Kier molecular flexibility index (Phi) is 6.03. The van der Waals surface area contributed by atoms with Gasteiger partial charge in [-0.3, -0.25) is 0 Å². The Balaban J connectivity index is 2.23. The summed E-state index contributed by atoms with van der Waals surface area (Å²) in [7, 11) is 0. The Labute approximate surface area is 136 Å². The first kappa shape index (κ1) is 16.3. The number of pyridine rings is 1. The molecular weight excluding hydrogens is 371 g/mol. The van der Waals surface area contributed by atoms with Gasteiger partial charge in [-0.15, -0.1) is 0 Å². The first-order chi connectivity index (χ1) is 10.2. The first-order valence-electron chi connectivity index (χ1n) is 7.42. The van der Waals surface area contributed by atoms with Gasteiger partial charge in [-0.25, -0.2) is 0 Å². The molecule has 0 fully saturated rings. The molecule has 0 atom stereocenters. The van der Waals surface area contributed by atoms with E-state index in [4.69, 9.17) is 0 Å². The maximum absolute atomic E-state index is 4.31. The molecule has 1 heterocycles. The van der Waals surface area contributed by atoms with Crippen molar-refractivity contribution < 1.29 is 0 Å². The number of halogens is 1. The Morgan fingerprint density at radius 2 is 1.67 bits per heavy atom.